The normalized spacial score (nSPS) is 11.4. The lowest BCUT2D eigenvalue weighted by molar-refractivity contribution is 0.565. The second-order valence-electron chi connectivity index (χ2n) is 8.43. The molecule has 0 amide bonds. The number of hydrogen-bond acceptors (Lipinski definition) is 8. The molecule has 0 unspecified atom stereocenters. The number of pyridine rings is 2. The van der Waals surface area contributed by atoms with Gasteiger partial charge in [0, 0.05) is 21.9 Å². The van der Waals surface area contributed by atoms with Gasteiger partial charge in [-0.2, -0.15) is 0 Å². The molecular weight excluding hydrogens is 490 g/mol. The van der Waals surface area contributed by atoms with Crippen LogP contribution in [0.4, 0.5) is 8.78 Å². The van der Waals surface area contributed by atoms with Crippen LogP contribution in [0, 0.1) is 11.6 Å². The Morgan fingerprint density at radius 1 is 0.474 bits per heavy atom. The van der Waals surface area contributed by atoms with Crippen molar-refractivity contribution in [3.63, 3.8) is 0 Å². The van der Waals surface area contributed by atoms with Crippen molar-refractivity contribution in [2.24, 2.45) is 0 Å². The van der Waals surface area contributed by atoms with Crippen molar-refractivity contribution < 1.29 is 17.6 Å². The van der Waals surface area contributed by atoms with Crippen molar-refractivity contribution in [1.29, 1.82) is 0 Å². The van der Waals surface area contributed by atoms with Gasteiger partial charge in [-0.15, -0.1) is 20.4 Å². The molecule has 0 radical (unpaired) electrons. The number of halogens is 2. The summed E-state index contributed by atoms with van der Waals surface area (Å²) in [6, 6.07) is 24.0. The maximum atomic E-state index is 14.7. The van der Waals surface area contributed by atoms with Crippen molar-refractivity contribution >= 4 is 21.8 Å². The van der Waals surface area contributed by atoms with Crippen LogP contribution in [0.2, 0.25) is 0 Å². The van der Waals surface area contributed by atoms with Gasteiger partial charge in [0.25, 0.3) is 11.8 Å². The summed E-state index contributed by atoms with van der Waals surface area (Å²) in [4.78, 5) is 8.67. The molecule has 4 aromatic heterocycles. The molecule has 0 bridgehead atoms. The van der Waals surface area contributed by atoms with Crippen molar-refractivity contribution in [1.82, 2.24) is 30.4 Å². The average molecular weight is 504 g/mol. The molecule has 38 heavy (non-hydrogen) atoms. The van der Waals surface area contributed by atoms with Gasteiger partial charge in [0.15, 0.2) is 23.0 Å². The predicted octanol–water partition coefficient (Wildman–Crippen LogP) is 6.50. The number of nitrogens with zero attached hydrogens (tertiary/aromatic N) is 6. The van der Waals surface area contributed by atoms with Crippen LogP contribution in [0.1, 0.15) is 0 Å². The summed E-state index contributed by atoms with van der Waals surface area (Å²) in [5.41, 5.74) is 2.22. The molecule has 0 aliphatic carbocycles. The number of aromatic nitrogens is 6. The number of benzene rings is 3. The Morgan fingerprint density at radius 2 is 0.921 bits per heavy atom. The molecule has 0 atom stereocenters. The van der Waals surface area contributed by atoms with Crippen LogP contribution in [-0.4, -0.2) is 30.4 Å². The molecule has 0 fully saturated rings. The van der Waals surface area contributed by atoms with E-state index >= 15 is 0 Å². The van der Waals surface area contributed by atoms with Gasteiger partial charge in [-0.1, -0.05) is 42.5 Å². The highest BCUT2D eigenvalue weighted by Crippen LogP contribution is 2.31. The standard InChI is InChI=1S/C28H14F2N6O2/c29-19-13-15-6-1-3-10-21(15)31-23(19)27-35-33-25(37-27)17-8-5-9-18(12-17)26-34-36-28(38-26)24-20(30)14-16-7-2-4-11-22(16)32-24/h1-14H. The SMILES string of the molecule is Fc1cc2ccccc2nc1-c1nnc(-c2cccc(-c3nnc(-c4nc5ccccc5cc4F)o3)c2)o1. The fourth-order valence-corrected chi connectivity index (χ4v) is 4.14. The molecule has 0 saturated carbocycles. The zero-order valence-electron chi connectivity index (χ0n) is 19.3. The Hall–Kier alpha value is -5.38. The predicted molar refractivity (Wildman–Crippen MR) is 134 cm³/mol. The Balaban J connectivity index is 1.22. The Kier molecular flexibility index (Phi) is 4.96. The maximum absolute atomic E-state index is 14.7. The zero-order valence-corrected chi connectivity index (χ0v) is 19.3. The summed E-state index contributed by atoms with van der Waals surface area (Å²) in [6.07, 6.45) is 0. The average Bonchev–Trinajstić information content (AvgIpc) is 3.63. The van der Waals surface area contributed by atoms with Gasteiger partial charge in [0.2, 0.25) is 11.8 Å². The van der Waals surface area contributed by atoms with E-state index in [9.17, 15) is 8.78 Å². The molecule has 0 saturated heterocycles. The van der Waals surface area contributed by atoms with Gasteiger partial charge in [-0.3, -0.25) is 0 Å². The van der Waals surface area contributed by atoms with Crippen LogP contribution < -0.4 is 0 Å². The fourth-order valence-electron chi connectivity index (χ4n) is 4.14. The molecule has 182 valence electrons. The second-order valence-corrected chi connectivity index (χ2v) is 8.43. The minimum Gasteiger partial charge on any atom is -0.414 e. The van der Waals surface area contributed by atoms with E-state index in [4.69, 9.17) is 8.83 Å². The summed E-state index contributed by atoms with van der Waals surface area (Å²) >= 11 is 0. The van der Waals surface area contributed by atoms with Gasteiger partial charge in [-0.25, -0.2) is 18.7 Å². The monoisotopic (exact) mass is 504 g/mol. The van der Waals surface area contributed by atoms with E-state index in [1.165, 1.54) is 12.1 Å². The van der Waals surface area contributed by atoms with Crippen molar-refractivity contribution in [3.8, 4) is 46.1 Å². The molecule has 0 aliphatic heterocycles. The van der Waals surface area contributed by atoms with E-state index in [0.717, 1.165) is 0 Å². The molecule has 7 aromatic rings. The number of fused-ring (bicyclic) bond motifs is 2. The fraction of sp³-hybridized carbons (Fsp3) is 0. The summed E-state index contributed by atoms with van der Waals surface area (Å²) in [5.74, 6) is -0.935. The summed E-state index contributed by atoms with van der Waals surface area (Å²) < 4.78 is 40.9. The van der Waals surface area contributed by atoms with Gasteiger partial charge in [0.05, 0.1) is 11.0 Å². The lowest BCUT2D eigenvalue weighted by Gasteiger charge is -2.02. The van der Waals surface area contributed by atoms with Crippen LogP contribution >= 0.6 is 0 Å². The van der Waals surface area contributed by atoms with Crippen LogP contribution in [0.15, 0.2) is 93.8 Å². The number of para-hydroxylation sites is 2. The van der Waals surface area contributed by atoms with E-state index in [1.54, 1.807) is 48.5 Å². The van der Waals surface area contributed by atoms with E-state index < -0.39 is 11.6 Å². The molecule has 3 aromatic carbocycles. The van der Waals surface area contributed by atoms with Crippen molar-refractivity contribution in [2.45, 2.75) is 0 Å². The maximum Gasteiger partial charge on any atom is 0.269 e. The van der Waals surface area contributed by atoms with Crippen LogP contribution in [-0.2, 0) is 0 Å². The Bertz CT molecular complexity index is 1850. The van der Waals surface area contributed by atoms with Gasteiger partial charge < -0.3 is 8.83 Å². The third-order valence-corrected chi connectivity index (χ3v) is 5.97. The molecule has 8 nitrogen and oxygen atoms in total. The smallest absolute Gasteiger partial charge is 0.269 e. The quantitative estimate of drug-likeness (QED) is 0.268. The van der Waals surface area contributed by atoms with E-state index in [2.05, 4.69) is 30.4 Å². The van der Waals surface area contributed by atoms with Gasteiger partial charge in [0.1, 0.15) is 0 Å². The Labute approximate surface area is 212 Å². The molecule has 0 aliphatic rings. The molecule has 4 heterocycles. The van der Waals surface area contributed by atoms with E-state index in [0.29, 0.717) is 32.9 Å². The number of hydrogen-bond donors (Lipinski definition) is 0. The highest BCUT2D eigenvalue weighted by atomic mass is 19.1. The summed E-state index contributed by atoms with van der Waals surface area (Å²) in [7, 11) is 0. The molecule has 0 N–H and O–H groups in total. The topological polar surface area (TPSA) is 104 Å². The zero-order chi connectivity index (χ0) is 25.6. The van der Waals surface area contributed by atoms with E-state index in [1.807, 2.05) is 24.3 Å². The molecule has 0 spiro atoms. The minimum absolute atomic E-state index is 0.0370. The third-order valence-electron chi connectivity index (χ3n) is 5.97. The summed E-state index contributed by atoms with van der Waals surface area (Å²) in [6.45, 7) is 0. The molecular formula is C28H14F2N6O2. The Morgan fingerprint density at radius 3 is 1.42 bits per heavy atom. The second kappa shape index (κ2) is 8.63. The van der Waals surface area contributed by atoms with Crippen LogP contribution in [0.3, 0.4) is 0 Å². The first-order valence-electron chi connectivity index (χ1n) is 11.5. The summed E-state index contributed by atoms with van der Waals surface area (Å²) in [5, 5.41) is 17.4. The first-order valence-corrected chi connectivity index (χ1v) is 11.5. The lowest BCUT2D eigenvalue weighted by Crippen LogP contribution is -1.91. The van der Waals surface area contributed by atoms with Gasteiger partial charge >= 0.3 is 0 Å². The van der Waals surface area contributed by atoms with E-state index in [-0.39, 0.29) is 35.0 Å². The third kappa shape index (κ3) is 3.75. The largest absolute Gasteiger partial charge is 0.414 e. The van der Waals surface area contributed by atoms with Crippen LogP contribution in [0.25, 0.3) is 67.9 Å². The minimum atomic E-state index is -0.569. The highest BCUT2D eigenvalue weighted by Gasteiger charge is 2.20. The van der Waals surface area contributed by atoms with Crippen LogP contribution in [0.5, 0.6) is 0 Å². The first-order chi connectivity index (χ1) is 18.6. The highest BCUT2D eigenvalue weighted by molar-refractivity contribution is 5.82. The van der Waals surface area contributed by atoms with Crippen molar-refractivity contribution in [2.75, 3.05) is 0 Å². The number of rotatable bonds is 4. The molecule has 10 heteroatoms. The lowest BCUT2D eigenvalue weighted by atomic mass is 10.1. The van der Waals surface area contributed by atoms with Gasteiger partial charge in [-0.05, 0) is 42.5 Å². The first kappa shape index (κ1) is 21.9. The molecule has 7 rings (SSSR count). The van der Waals surface area contributed by atoms with Crippen molar-refractivity contribution in [3.05, 3.63) is 96.6 Å².